The normalized spacial score (nSPS) is 19.6. The van der Waals surface area contributed by atoms with Crippen LogP contribution in [-0.4, -0.2) is 50.1 Å². The number of amides is 1. The van der Waals surface area contributed by atoms with Crippen LogP contribution in [-0.2, 0) is 11.3 Å². The van der Waals surface area contributed by atoms with E-state index in [1.54, 1.807) is 30.3 Å². The standard InChI is InChI=1S/C20H23ClFN3O3S/c1-13-12-24(14(2)18-8-5-16(22)11-19(18)21)9-10-25(13)20(26)15-3-6-17(7-4-15)23-29(27)28/h3-8,11,13-14,23H,9-10,12H2,1-2H3,(H,27,28)/p-1/t13-,14?/m1/s1. The van der Waals surface area contributed by atoms with Crippen molar-refractivity contribution < 1.29 is 17.9 Å². The molecule has 1 heterocycles. The molecule has 0 spiro atoms. The molecule has 1 aliphatic heterocycles. The summed E-state index contributed by atoms with van der Waals surface area (Å²) in [4.78, 5) is 16.9. The fraction of sp³-hybridized carbons (Fsp3) is 0.350. The van der Waals surface area contributed by atoms with Crippen LogP contribution in [0.5, 0.6) is 0 Å². The average Bonchev–Trinajstić information content (AvgIpc) is 2.67. The van der Waals surface area contributed by atoms with Crippen LogP contribution < -0.4 is 4.72 Å². The Labute approximate surface area is 177 Å². The van der Waals surface area contributed by atoms with E-state index in [1.165, 1.54) is 12.1 Å². The maximum atomic E-state index is 13.3. The summed E-state index contributed by atoms with van der Waals surface area (Å²) in [6.07, 6.45) is 0. The summed E-state index contributed by atoms with van der Waals surface area (Å²) in [5.74, 6) is -0.461. The van der Waals surface area contributed by atoms with Gasteiger partial charge in [0.15, 0.2) is 0 Å². The Morgan fingerprint density at radius 1 is 1.28 bits per heavy atom. The minimum absolute atomic E-state index is 0.00104. The number of carbonyl (C=O) groups excluding carboxylic acids is 1. The van der Waals surface area contributed by atoms with Crippen molar-refractivity contribution in [1.82, 2.24) is 9.80 Å². The number of halogens is 2. The van der Waals surface area contributed by atoms with Crippen LogP contribution in [0, 0.1) is 5.82 Å². The third kappa shape index (κ3) is 5.14. The van der Waals surface area contributed by atoms with E-state index in [2.05, 4.69) is 9.62 Å². The van der Waals surface area contributed by atoms with Crippen LogP contribution in [0.15, 0.2) is 42.5 Å². The highest BCUT2D eigenvalue weighted by Crippen LogP contribution is 2.30. The van der Waals surface area contributed by atoms with Crippen LogP contribution >= 0.6 is 11.6 Å². The number of nitrogens with zero attached hydrogens (tertiary/aromatic N) is 2. The van der Waals surface area contributed by atoms with Crippen LogP contribution in [0.3, 0.4) is 0 Å². The van der Waals surface area contributed by atoms with Gasteiger partial charge in [-0.15, -0.1) is 0 Å². The highest BCUT2D eigenvalue weighted by molar-refractivity contribution is 7.80. The van der Waals surface area contributed by atoms with E-state index in [4.69, 9.17) is 11.6 Å². The van der Waals surface area contributed by atoms with E-state index < -0.39 is 11.3 Å². The van der Waals surface area contributed by atoms with E-state index >= 15 is 0 Å². The van der Waals surface area contributed by atoms with E-state index in [1.807, 2.05) is 18.7 Å². The molecule has 0 aliphatic carbocycles. The SMILES string of the molecule is CC(c1ccc(F)cc1Cl)N1CCN(C(=O)c2ccc(NS(=O)[O-])cc2)[C@H](C)C1. The molecule has 0 aromatic heterocycles. The molecule has 6 nitrogen and oxygen atoms in total. The van der Waals surface area contributed by atoms with Gasteiger partial charge in [0.1, 0.15) is 5.82 Å². The van der Waals surface area contributed by atoms with E-state index in [0.29, 0.717) is 35.9 Å². The second-order valence-corrected chi connectivity index (χ2v) is 8.18. The van der Waals surface area contributed by atoms with Crippen molar-refractivity contribution in [2.75, 3.05) is 24.4 Å². The molecule has 0 bridgehead atoms. The topological polar surface area (TPSA) is 75.7 Å². The second kappa shape index (κ2) is 9.21. The molecular weight excluding hydrogens is 417 g/mol. The van der Waals surface area contributed by atoms with Crippen molar-refractivity contribution >= 4 is 34.5 Å². The smallest absolute Gasteiger partial charge is 0.254 e. The predicted molar refractivity (Wildman–Crippen MR) is 111 cm³/mol. The molecule has 2 unspecified atom stereocenters. The fourth-order valence-corrected chi connectivity index (χ4v) is 4.27. The first-order valence-electron chi connectivity index (χ1n) is 9.22. The van der Waals surface area contributed by atoms with E-state index in [9.17, 15) is 17.9 Å². The lowest BCUT2D eigenvalue weighted by molar-refractivity contribution is 0.0406. The zero-order chi connectivity index (χ0) is 21.1. The summed E-state index contributed by atoms with van der Waals surface area (Å²) in [6, 6.07) is 10.7. The first-order chi connectivity index (χ1) is 13.8. The number of nitrogens with one attached hydrogen (secondary N) is 1. The van der Waals surface area contributed by atoms with Gasteiger partial charge in [-0.25, -0.2) is 4.39 Å². The summed E-state index contributed by atoms with van der Waals surface area (Å²) < 4.78 is 37.0. The number of hydrogen-bond donors (Lipinski definition) is 1. The third-order valence-corrected chi connectivity index (χ3v) is 5.94. The van der Waals surface area contributed by atoms with Crippen molar-refractivity contribution in [3.8, 4) is 0 Å². The van der Waals surface area contributed by atoms with E-state index in [0.717, 1.165) is 5.56 Å². The monoisotopic (exact) mass is 438 g/mol. The third-order valence-electron chi connectivity index (χ3n) is 5.21. The highest BCUT2D eigenvalue weighted by Gasteiger charge is 2.31. The second-order valence-electron chi connectivity index (χ2n) is 7.10. The summed E-state index contributed by atoms with van der Waals surface area (Å²) in [5, 5.41) is 0.399. The lowest BCUT2D eigenvalue weighted by Crippen LogP contribution is -2.54. The molecule has 1 N–H and O–H groups in total. The van der Waals surface area contributed by atoms with Gasteiger partial charge in [-0.3, -0.25) is 13.9 Å². The van der Waals surface area contributed by atoms with Gasteiger partial charge in [-0.05, 0) is 55.8 Å². The highest BCUT2D eigenvalue weighted by atomic mass is 35.5. The number of piperazine rings is 1. The molecule has 1 saturated heterocycles. The molecule has 29 heavy (non-hydrogen) atoms. The fourth-order valence-electron chi connectivity index (χ4n) is 3.62. The number of benzene rings is 2. The van der Waals surface area contributed by atoms with Gasteiger partial charge in [0.25, 0.3) is 5.91 Å². The Hall–Kier alpha value is -2.00. The minimum Gasteiger partial charge on any atom is -0.755 e. The zero-order valence-electron chi connectivity index (χ0n) is 16.1. The van der Waals surface area contributed by atoms with Gasteiger partial charge in [0, 0.05) is 59.3 Å². The summed E-state index contributed by atoms with van der Waals surface area (Å²) in [5.41, 5.74) is 1.76. The average molecular weight is 439 g/mol. The van der Waals surface area contributed by atoms with Crippen LogP contribution in [0.4, 0.5) is 10.1 Å². The maximum absolute atomic E-state index is 13.3. The van der Waals surface area contributed by atoms with Gasteiger partial charge in [0.2, 0.25) is 0 Å². The van der Waals surface area contributed by atoms with Crippen molar-refractivity contribution in [2.24, 2.45) is 0 Å². The Morgan fingerprint density at radius 2 is 1.97 bits per heavy atom. The molecule has 156 valence electrons. The number of rotatable bonds is 5. The summed E-state index contributed by atoms with van der Waals surface area (Å²) >= 11 is 3.81. The van der Waals surface area contributed by atoms with E-state index in [-0.39, 0.29) is 23.8 Å². The summed E-state index contributed by atoms with van der Waals surface area (Å²) in [7, 11) is 0. The van der Waals surface area contributed by atoms with Crippen LogP contribution in [0.2, 0.25) is 5.02 Å². The van der Waals surface area contributed by atoms with Crippen molar-refractivity contribution in [3.63, 3.8) is 0 Å². The first-order valence-corrected chi connectivity index (χ1v) is 10.7. The largest absolute Gasteiger partial charge is 0.755 e. The molecule has 9 heteroatoms. The van der Waals surface area contributed by atoms with Gasteiger partial charge in [0.05, 0.1) is 0 Å². The maximum Gasteiger partial charge on any atom is 0.254 e. The molecule has 3 atom stereocenters. The van der Waals surface area contributed by atoms with Crippen molar-refractivity contribution in [1.29, 1.82) is 0 Å². The Balaban J connectivity index is 1.66. The lowest BCUT2D eigenvalue weighted by Gasteiger charge is -2.42. The van der Waals surface area contributed by atoms with Gasteiger partial charge in [-0.1, -0.05) is 17.7 Å². The number of hydrogen-bond acceptors (Lipinski definition) is 4. The number of carbonyl (C=O) groups is 1. The van der Waals surface area contributed by atoms with Crippen molar-refractivity contribution in [2.45, 2.75) is 25.9 Å². The van der Waals surface area contributed by atoms with Gasteiger partial charge in [-0.2, -0.15) is 0 Å². The summed E-state index contributed by atoms with van der Waals surface area (Å²) in [6.45, 7) is 5.89. The minimum atomic E-state index is -2.40. The van der Waals surface area contributed by atoms with Gasteiger partial charge < -0.3 is 14.2 Å². The van der Waals surface area contributed by atoms with Crippen molar-refractivity contribution in [3.05, 3.63) is 64.4 Å². The predicted octanol–water partition coefficient (Wildman–Crippen LogP) is 3.59. The Morgan fingerprint density at radius 3 is 2.55 bits per heavy atom. The molecule has 1 aliphatic rings. The zero-order valence-corrected chi connectivity index (χ0v) is 17.7. The molecule has 2 aromatic rings. The molecule has 0 radical (unpaired) electrons. The Kier molecular flexibility index (Phi) is 6.89. The molecule has 2 aromatic carbocycles. The molecular formula is C20H22ClFN3O3S-. The molecule has 1 fully saturated rings. The Bertz CT molecular complexity index is 912. The molecule has 3 rings (SSSR count). The lowest BCUT2D eigenvalue weighted by atomic mass is 10.0. The quantitative estimate of drug-likeness (QED) is 0.724. The number of anilines is 1. The van der Waals surface area contributed by atoms with Crippen LogP contribution in [0.25, 0.3) is 0 Å². The van der Waals surface area contributed by atoms with Crippen LogP contribution in [0.1, 0.15) is 35.8 Å². The molecule has 1 amide bonds. The molecule has 0 saturated carbocycles. The van der Waals surface area contributed by atoms with Gasteiger partial charge >= 0.3 is 0 Å². The first kappa shape index (κ1) is 21.7.